The van der Waals surface area contributed by atoms with Crippen molar-refractivity contribution in [3.05, 3.63) is 29.8 Å². The molecule has 1 aromatic carbocycles. The fraction of sp³-hybridized carbons (Fsp3) is 0.353. The highest BCUT2D eigenvalue weighted by atomic mass is 32.2. The summed E-state index contributed by atoms with van der Waals surface area (Å²) >= 11 is 1.47. The summed E-state index contributed by atoms with van der Waals surface area (Å²) in [6.07, 6.45) is 1.93. The number of hydrogen-bond acceptors (Lipinski definition) is 7. The Balaban J connectivity index is 2.07. The lowest BCUT2D eigenvalue weighted by molar-refractivity contribution is 0.415. The number of ether oxygens (including phenoxy) is 1. The third kappa shape index (κ3) is 3.30. The largest absolute Gasteiger partial charge is 0.497 e. The fourth-order valence-corrected chi connectivity index (χ4v) is 3.17. The minimum absolute atomic E-state index is 0.557. The Morgan fingerprint density at radius 2 is 1.92 bits per heavy atom. The highest BCUT2D eigenvalue weighted by Crippen LogP contribution is 2.30. The Bertz CT molecular complexity index is 751. The summed E-state index contributed by atoms with van der Waals surface area (Å²) in [5, 5.41) is 13.6. The van der Waals surface area contributed by atoms with E-state index in [0.717, 1.165) is 43.3 Å². The maximum absolute atomic E-state index is 9.59. The first-order valence-electron chi connectivity index (χ1n) is 7.73. The summed E-state index contributed by atoms with van der Waals surface area (Å²) in [7, 11) is 1.64. The zero-order chi connectivity index (χ0) is 16.9. The second kappa shape index (κ2) is 7.51. The first-order valence-corrected chi connectivity index (χ1v) is 8.95. The molecule has 6 nitrogen and oxygen atoms in total. The van der Waals surface area contributed by atoms with E-state index in [0.29, 0.717) is 16.4 Å². The molecule has 1 saturated heterocycles. The number of aromatic nitrogens is 2. The molecule has 7 heteroatoms. The van der Waals surface area contributed by atoms with E-state index in [1.165, 1.54) is 11.8 Å². The second-order valence-electron chi connectivity index (χ2n) is 5.33. The van der Waals surface area contributed by atoms with Crippen LogP contribution in [-0.2, 0) is 0 Å². The maximum Gasteiger partial charge on any atom is 0.162 e. The van der Waals surface area contributed by atoms with Crippen molar-refractivity contribution < 1.29 is 4.74 Å². The van der Waals surface area contributed by atoms with Crippen LogP contribution in [0.3, 0.4) is 0 Å². The smallest absolute Gasteiger partial charge is 0.162 e. The van der Waals surface area contributed by atoms with Gasteiger partial charge in [-0.15, -0.1) is 11.8 Å². The van der Waals surface area contributed by atoms with Crippen molar-refractivity contribution in [1.29, 1.82) is 5.26 Å². The molecule has 24 heavy (non-hydrogen) atoms. The standard InChI is InChI=1S/C17H19N5OS/c1-23-13-5-3-12(4-6-13)15-20-16(22-9-7-19-8-10-22)14(11-18)17(21-15)24-2/h3-6,19H,7-10H2,1-2H3. The second-order valence-corrected chi connectivity index (χ2v) is 6.13. The lowest BCUT2D eigenvalue weighted by Crippen LogP contribution is -2.44. The number of nitrogens with zero attached hydrogens (tertiary/aromatic N) is 4. The molecule has 0 radical (unpaired) electrons. The van der Waals surface area contributed by atoms with E-state index in [1.807, 2.05) is 30.5 Å². The summed E-state index contributed by atoms with van der Waals surface area (Å²) in [6.45, 7) is 3.45. The van der Waals surface area contributed by atoms with Crippen LogP contribution in [0.1, 0.15) is 5.56 Å². The van der Waals surface area contributed by atoms with Crippen molar-refractivity contribution in [3.63, 3.8) is 0 Å². The van der Waals surface area contributed by atoms with Crippen molar-refractivity contribution in [2.24, 2.45) is 0 Å². The van der Waals surface area contributed by atoms with Crippen LogP contribution < -0.4 is 15.0 Å². The van der Waals surface area contributed by atoms with E-state index >= 15 is 0 Å². The average molecular weight is 341 g/mol. The van der Waals surface area contributed by atoms with Gasteiger partial charge in [0.25, 0.3) is 0 Å². The molecule has 0 saturated carbocycles. The van der Waals surface area contributed by atoms with Crippen LogP contribution in [0.5, 0.6) is 5.75 Å². The predicted octanol–water partition coefficient (Wildman–Crippen LogP) is 2.16. The number of methoxy groups -OCH3 is 1. The maximum atomic E-state index is 9.59. The number of hydrogen-bond donors (Lipinski definition) is 1. The molecule has 2 aromatic rings. The minimum Gasteiger partial charge on any atom is -0.497 e. The summed E-state index contributed by atoms with van der Waals surface area (Å²) in [5.74, 6) is 2.15. The third-order valence-corrected chi connectivity index (χ3v) is 4.61. The van der Waals surface area contributed by atoms with Gasteiger partial charge < -0.3 is 15.0 Å². The van der Waals surface area contributed by atoms with Crippen LogP contribution in [0.2, 0.25) is 0 Å². The van der Waals surface area contributed by atoms with E-state index in [-0.39, 0.29) is 0 Å². The Hall–Kier alpha value is -2.30. The van der Waals surface area contributed by atoms with Crippen LogP contribution in [-0.4, -0.2) is 49.5 Å². The van der Waals surface area contributed by atoms with Gasteiger partial charge >= 0.3 is 0 Å². The molecule has 0 atom stereocenters. The van der Waals surface area contributed by atoms with Gasteiger partial charge in [-0.25, -0.2) is 9.97 Å². The van der Waals surface area contributed by atoms with E-state index < -0.39 is 0 Å². The molecular weight excluding hydrogens is 322 g/mol. The van der Waals surface area contributed by atoms with Crippen LogP contribution in [0.4, 0.5) is 5.82 Å². The van der Waals surface area contributed by atoms with Crippen molar-refractivity contribution in [2.45, 2.75) is 5.03 Å². The van der Waals surface area contributed by atoms with Gasteiger partial charge in [-0.05, 0) is 30.5 Å². The molecule has 0 spiro atoms. The third-order valence-electron chi connectivity index (χ3n) is 3.93. The quantitative estimate of drug-likeness (QED) is 0.675. The van der Waals surface area contributed by atoms with Crippen LogP contribution in [0.25, 0.3) is 11.4 Å². The number of piperazine rings is 1. The van der Waals surface area contributed by atoms with Crippen molar-refractivity contribution in [1.82, 2.24) is 15.3 Å². The predicted molar refractivity (Wildman–Crippen MR) is 95.6 cm³/mol. The molecule has 1 aliphatic rings. The van der Waals surface area contributed by atoms with Gasteiger partial charge in [0.1, 0.15) is 22.4 Å². The molecule has 0 amide bonds. The van der Waals surface area contributed by atoms with Gasteiger partial charge in [-0.3, -0.25) is 0 Å². The fourth-order valence-electron chi connectivity index (χ4n) is 2.65. The molecule has 1 aromatic heterocycles. The Labute approximate surface area is 145 Å². The summed E-state index contributed by atoms with van der Waals surface area (Å²) in [6, 6.07) is 9.93. The Morgan fingerprint density at radius 3 is 2.50 bits per heavy atom. The van der Waals surface area contributed by atoms with E-state index in [1.54, 1.807) is 7.11 Å². The normalized spacial score (nSPS) is 14.3. The van der Waals surface area contributed by atoms with Gasteiger partial charge in [0.2, 0.25) is 0 Å². The first-order chi connectivity index (χ1) is 11.8. The zero-order valence-electron chi connectivity index (χ0n) is 13.7. The number of rotatable bonds is 4. The monoisotopic (exact) mass is 341 g/mol. The SMILES string of the molecule is COc1ccc(-c2nc(SC)c(C#N)c(N3CCNCC3)n2)cc1. The Kier molecular flexibility index (Phi) is 5.18. The molecule has 3 rings (SSSR count). The van der Waals surface area contributed by atoms with Gasteiger partial charge in [-0.1, -0.05) is 0 Å². The molecule has 2 heterocycles. The molecule has 124 valence electrons. The number of thioether (sulfide) groups is 1. The summed E-state index contributed by atoms with van der Waals surface area (Å²) in [5.41, 5.74) is 1.47. The highest BCUT2D eigenvalue weighted by molar-refractivity contribution is 7.98. The lowest BCUT2D eigenvalue weighted by atomic mass is 10.2. The molecule has 1 N–H and O–H groups in total. The van der Waals surface area contributed by atoms with Gasteiger partial charge in [-0.2, -0.15) is 5.26 Å². The Morgan fingerprint density at radius 1 is 1.21 bits per heavy atom. The number of benzene rings is 1. The van der Waals surface area contributed by atoms with Crippen molar-refractivity contribution in [2.75, 3.05) is 44.4 Å². The van der Waals surface area contributed by atoms with Crippen molar-refractivity contribution >= 4 is 17.6 Å². The topological polar surface area (TPSA) is 74.1 Å². The van der Waals surface area contributed by atoms with E-state index in [2.05, 4.69) is 21.3 Å². The summed E-state index contributed by atoms with van der Waals surface area (Å²) in [4.78, 5) is 11.5. The molecule has 0 bridgehead atoms. The molecule has 0 unspecified atom stereocenters. The van der Waals surface area contributed by atoms with Gasteiger partial charge in [0.15, 0.2) is 11.6 Å². The van der Waals surface area contributed by atoms with Crippen LogP contribution in [0, 0.1) is 11.3 Å². The molecule has 0 aliphatic carbocycles. The van der Waals surface area contributed by atoms with E-state index in [4.69, 9.17) is 9.72 Å². The zero-order valence-corrected chi connectivity index (χ0v) is 14.6. The molecule has 1 aliphatic heterocycles. The van der Waals surface area contributed by atoms with Crippen LogP contribution >= 0.6 is 11.8 Å². The average Bonchev–Trinajstić information content (AvgIpc) is 2.67. The molecular formula is C17H19N5OS. The van der Waals surface area contributed by atoms with E-state index in [9.17, 15) is 5.26 Å². The van der Waals surface area contributed by atoms with Crippen molar-refractivity contribution in [3.8, 4) is 23.2 Å². The highest BCUT2D eigenvalue weighted by Gasteiger charge is 2.21. The minimum atomic E-state index is 0.557. The number of anilines is 1. The number of nitrogens with one attached hydrogen (secondary N) is 1. The van der Waals surface area contributed by atoms with Crippen LogP contribution in [0.15, 0.2) is 29.3 Å². The first kappa shape index (κ1) is 16.6. The summed E-state index contributed by atoms with van der Waals surface area (Å²) < 4.78 is 5.20. The number of nitriles is 1. The van der Waals surface area contributed by atoms with Gasteiger partial charge in [0, 0.05) is 31.7 Å². The lowest BCUT2D eigenvalue weighted by Gasteiger charge is -2.29. The van der Waals surface area contributed by atoms with Gasteiger partial charge in [0.05, 0.1) is 7.11 Å². The molecule has 1 fully saturated rings.